The van der Waals surface area contributed by atoms with Crippen LogP contribution in [0.3, 0.4) is 0 Å². The van der Waals surface area contributed by atoms with Gasteiger partial charge in [0.2, 0.25) is 5.91 Å². The van der Waals surface area contributed by atoms with E-state index in [2.05, 4.69) is 13.5 Å². The lowest BCUT2D eigenvalue weighted by Gasteiger charge is -2.44. The highest BCUT2D eigenvalue weighted by Crippen LogP contribution is 2.21. The number of likely N-dealkylation sites (tertiary alicyclic amines) is 1. The fraction of sp³-hybridized carbons (Fsp3) is 0.733. The SMILES string of the molecule is C=CC(=O)N1CC(C)N(C(=O)N2CCC(C)C2)CC1C. The minimum Gasteiger partial charge on any atom is -0.333 e. The Morgan fingerprint density at radius 1 is 1.05 bits per heavy atom. The van der Waals surface area contributed by atoms with Crippen LogP contribution in [0.5, 0.6) is 0 Å². The molecule has 2 fully saturated rings. The smallest absolute Gasteiger partial charge is 0.320 e. The second-order valence-corrected chi connectivity index (χ2v) is 6.17. The minimum atomic E-state index is -0.0498. The molecule has 0 saturated carbocycles. The van der Waals surface area contributed by atoms with E-state index in [1.807, 2.05) is 23.6 Å². The molecule has 0 aliphatic carbocycles. The van der Waals surface area contributed by atoms with Gasteiger partial charge in [-0.2, -0.15) is 0 Å². The number of nitrogens with zero attached hydrogens (tertiary/aromatic N) is 3. The number of rotatable bonds is 1. The summed E-state index contributed by atoms with van der Waals surface area (Å²) in [7, 11) is 0. The number of carbonyl (C=O) groups is 2. The van der Waals surface area contributed by atoms with E-state index in [9.17, 15) is 9.59 Å². The number of piperazine rings is 1. The second-order valence-electron chi connectivity index (χ2n) is 6.17. The van der Waals surface area contributed by atoms with Crippen molar-refractivity contribution in [2.75, 3.05) is 26.2 Å². The molecular formula is C15H25N3O2. The lowest BCUT2D eigenvalue weighted by Crippen LogP contribution is -2.61. The van der Waals surface area contributed by atoms with Gasteiger partial charge in [-0.25, -0.2) is 4.79 Å². The van der Waals surface area contributed by atoms with Crippen molar-refractivity contribution in [1.82, 2.24) is 14.7 Å². The zero-order chi connectivity index (χ0) is 14.9. The zero-order valence-corrected chi connectivity index (χ0v) is 12.7. The summed E-state index contributed by atoms with van der Waals surface area (Å²) >= 11 is 0. The lowest BCUT2D eigenvalue weighted by atomic mass is 10.1. The van der Waals surface area contributed by atoms with Gasteiger partial charge in [0, 0.05) is 38.3 Å². The van der Waals surface area contributed by atoms with Crippen molar-refractivity contribution >= 4 is 11.9 Å². The number of hydrogen-bond donors (Lipinski definition) is 0. The van der Waals surface area contributed by atoms with Crippen LogP contribution in [0.25, 0.3) is 0 Å². The van der Waals surface area contributed by atoms with Crippen LogP contribution in [0, 0.1) is 5.92 Å². The van der Waals surface area contributed by atoms with Crippen molar-refractivity contribution in [3.63, 3.8) is 0 Å². The highest BCUT2D eigenvalue weighted by Gasteiger charge is 2.36. The van der Waals surface area contributed by atoms with E-state index in [1.165, 1.54) is 6.08 Å². The molecule has 0 spiro atoms. The Morgan fingerprint density at radius 3 is 2.20 bits per heavy atom. The van der Waals surface area contributed by atoms with E-state index >= 15 is 0 Å². The molecule has 0 N–H and O–H groups in total. The summed E-state index contributed by atoms with van der Waals surface area (Å²) in [6.45, 7) is 12.6. The maximum atomic E-state index is 12.6. The molecule has 2 heterocycles. The van der Waals surface area contributed by atoms with Crippen LogP contribution in [0.2, 0.25) is 0 Å². The predicted octanol–water partition coefficient (Wildman–Crippen LogP) is 1.56. The van der Waals surface area contributed by atoms with Gasteiger partial charge in [-0.3, -0.25) is 4.79 Å². The van der Waals surface area contributed by atoms with Gasteiger partial charge in [-0.1, -0.05) is 13.5 Å². The Hall–Kier alpha value is -1.52. The molecule has 0 aromatic carbocycles. The summed E-state index contributed by atoms with van der Waals surface area (Å²) < 4.78 is 0. The van der Waals surface area contributed by atoms with E-state index in [1.54, 1.807) is 4.90 Å². The molecule has 5 nitrogen and oxygen atoms in total. The first-order chi connectivity index (χ1) is 9.43. The summed E-state index contributed by atoms with van der Waals surface area (Å²) in [4.78, 5) is 30.0. The van der Waals surface area contributed by atoms with E-state index in [0.717, 1.165) is 19.5 Å². The molecule has 3 unspecified atom stereocenters. The summed E-state index contributed by atoms with van der Waals surface area (Å²) in [5.74, 6) is 0.543. The fourth-order valence-electron chi connectivity index (χ4n) is 3.11. The summed E-state index contributed by atoms with van der Waals surface area (Å²) in [5, 5.41) is 0. The maximum Gasteiger partial charge on any atom is 0.320 e. The average Bonchev–Trinajstić information content (AvgIpc) is 2.86. The van der Waals surface area contributed by atoms with Gasteiger partial charge in [-0.05, 0) is 32.3 Å². The number of urea groups is 1. The first kappa shape index (κ1) is 14.9. The van der Waals surface area contributed by atoms with Crippen molar-refractivity contribution in [2.24, 2.45) is 5.92 Å². The van der Waals surface area contributed by atoms with Crippen LogP contribution < -0.4 is 0 Å². The molecule has 2 aliphatic heterocycles. The lowest BCUT2D eigenvalue weighted by molar-refractivity contribution is -0.131. The number of carbonyl (C=O) groups excluding carboxylic acids is 2. The molecule has 3 atom stereocenters. The average molecular weight is 279 g/mol. The first-order valence-electron chi connectivity index (χ1n) is 7.42. The Balaban J connectivity index is 2.02. The van der Waals surface area contributed by atoms with Gasteiger partial charge in [0.05, 0.1) is 0 Å². The van der Waals surface area contributed by atoms with Crippen LogP contribution in [-0.4, -0.2) is 64.9 Å². The molecule has 20 heavy (non-hydrogen) atoms. The van der Waals surface area contributed by atoms with Gasteiger partial charge in [0.1, 0.15) is 0 Å². The monoisotopic (exact) mass is 279 g/mol. The van der Waals surface area contributed by atoms with Gasteiger partial charge in [0.15, 0.2) is 0 Å². The third-order valence-electron chi connectivity index (χ3n) is 4.38. The van der Waals surface area contributed by atoms with Gasteiger partial charge >= 0.3 is 6.03 Å². The van der Waals surface area contributed by atoms with Crippen LogP contribution in [0.4, 0.5) is 4.79 Å². The molecule has 3 amide bonds. The molecule has 2 rings (SSSR count). The van der Waals surface area contributed by atoms with Crippen molar-refractivity contribution in [2.45, 2.75) is 39.3 Å². The minimum absolute atomic E-state index is 0.0423. The van der Waals surface area contributed by atoms with Gasteiger partial charge in [0.25, 0.3) is 0 Å². The number of amides is 3. The topological polar surface area (TPSA) is 43.9 Å². The van der Waals surface area contributed by atoms with Crippen LogP contribution in [0.1, 0.15) is 27.2 Å². The predicted molar refractivity (Wildman–Crippen MR) is 78.3 cm³/mol. The Morgan fingerprint density at radius 2 is 1.65 bits per heavy atom. The van der Waals surface area contributed by atoms with E-state index < -0.39 is 0 Å². The van der Waals surface area contributed by atoms with Crippen LogP contribution in [0.15, 0.2) is 12.7 Å². The van der Waals surface area contributed by atoms with E-state index in [4.69, 9.17) is 0 Å². The Bertz CT molecular complexity index is 410. The maximum absolute atomic E-state index is 12.6. The van der Waals surface area contributed by atoms with Crippen LogP contribution >= 0.6 is 0 Å². The molecule has 0 aromatic heterocycles. The molecule has 112 valence electrons. The van der Waals surface area contributed by atoms with Crippen molar-refractivity contribution in [3.05, 3.63) is 12.7 Å². The molecule has 2 aliphatic rings. The molecule has 5 heteroatoms. The largest absolute Gasteiger partial charge is 0.333 e. The second kappa shape index (κ2) is 5.85. The highest BCUT2D eigenvalue weighted by molar-refractivity contribution is 5.87. The standard InChI is InChI=1S/C15H25N3O2/c1-5-14(19)17-9-13(4)18(10-12(17)3)15(20)16-7-6-11(2)8-16/h5,11-13H,1,6-10H2,2-4H3. The van der Waals surface area contributed by atoms with Gasteiger partial charge < -0.3 is 14.7 Å². The number of hydrogen-bond acceptors (Lipinski definition) is 2. The van der Waals surface area contributed by atoms with Crippen molar-refractivity contribution < 1.29 is 9.59 Å². The summed E-state index contributed by atoms with van der Waals surface area (Å²) in [5.41, 5.74) is 0. The zero-order valence-electron chi connectivity index (χ0n) is 12.7. The molecule has 0 bridgehead atoms. The van der Waals surface area contributed by atoms with E-state index in [-0.39, 0.29) is 24.0 Å². The third kappa shape index (κ3) is 2.81. The molecular weight excluding hydrogens is 254 g/mol. The van der Waals surface area contributed by atoms with Crippen molar-refractivity contribution in [3.8, 4) is 0 Å². The Labute approximate surface area is 121 Å². The normalized spacial score (nSPS) is 30.6. The first-order valence-corrected chi connectivity index (χ1v) is 7.42. The fourth-order valence-corrected chi connectivity index (χ4v) is 3.11. The van der Waals surface area contributed by atoms with Crippen LogP contribution in [-0.2, 0) is 4.79 Å². The molecule has 2 saturated heterocycles. The van der Waals surface area contributed by atoms with Crippen molar-refractivity contribution in [1.29, 1.82) is 0 Å². The summed E-state index contributed by atoms with van der Waals surface area (Å²) in [6, 6.07) is 0.221. The third-order valence-corrected chi connectivity index (χ3v) is 4.38. The van der Waals surface area contributed by atoms with Gasteiger partial charge in [-0.15, -0.1) is 0 Å². The van der Waals surface area contributed by atoms with E-state index in [0.29, 0.717) is 19.0 Å². The quantitative estimate of drug-likeness (QED) is 0.684. The Kier molecular flexibility index (Phi) is 4.35. The molecule has 0 aromatic rings. The summed E-state index contributed by atoms with van der Waals surface area (Å²) in [6.07, 6.45) is 2.44. The highest BCUT2D eigenvalue weighted by atomic mass is 16.2. The molecule has 0 radical (unpaired) electrons.